The number of hydrogen-bond donors (Lipinski definition) is 3. The Labute approximate surface area is 171 Å². The van der Waals surface area contributed by atoms with Crippen LogP contribution in [0.3, 0.4) is 0 Å². The largest absolute Gasteiger partial charge is 0.388 e. The van der Waals surface area contributed by atoms with Crippen molar-refractivity contribution in [1.29, 1.82) is 0 Å². The summed E-state index contributed by atoms with van der Waals surface area (Å²) >= 11 is 1.55. The van der Waals surface area contributed by atoms with Gasteiger partial charge in [-0.15, -0.1) is 0 Å². The number of aromatic nitrogens is 2. The number of aryl methyl sites for hydroxylation is 1. The van der Waals surface area contributed by atoms with Gasteiger partial charge in [0.15, 0.2) is 5.13 Å². The maximum absolute atomic E-state index is 13.8. The van der Waals surface area contributed by atoms with Gasteiger partial charge in [-0.05, 0) is 49.9 Å². The third-order valence-corrected chi connectivity index (χ3v) is 7.15. The summed E-state index contributed by atoms with van der Waals surface area (Å²) in [6, 6.07) is 4.83. The van der Waals surface area contributed by atoms with E-state index in [-0.39, 0.29) is 11.7 Å². The van der Waals surface area contributed by atoms with Crippen molar-refractivity contribution in [3.05, 3.63) is 45.8 Å². The van der Waals surface area contributed by atoms with E-state index < -0.39 is 5.60 Å². The number of nitrogens with zero attached hydrogens (tertiary/aromatic N) is 2. The topological polar surface area (TPSA) is 81.2 Å². The van der Waals surface area contributed by atoms with Crippen molar-refractivity contribution in [2.45, 2.75) is 44.8 Å². The predicted octanol–water partition coefficient (Wildman–Crippen LogP) is 3.60. The molecule has 1 aromatic carbocycles. The van der Waals surface area contributed by atoms with Crippen molar-refractivity contribution >= 4 is 33.3 Å². The number of H-pyrrole nitrogens is 1. The van der Waals surface area contributed by atoms with E-state index in [1.807, 2.05) is 0 Å². The molecule has 2 aromatic heterocycles. The fourth-order valence-electron chi connectivity index (χ4n) is 4.05. The normalized spacial score (nSPS) is 17.8. The molecule has 1 aliphatic carbocycles. The molecule has 0 spiro atoms. The Morgan fingerprint density at radius 3 is 3.03 bits per heavy atom. The molecule has 6 nitrogen and oxygen atoms in total. The molecule has 0 unspecified atom stereocenters. The standard InChI is InChI=1S/C21H23FN4O2S/c1-12-13-9-17(24-15(13)4-3-14(12)22)19(27)26-8-5-16-18(10-26)29-20(25-16)23-11-21(28)6-2-7-21/h3-4,9,24,28H,2,5-8,10-11H2,1H3,(H,23,25). The average Bonchev–Trinajstić information content (AvgIpc) is 3.30. The van der Waals surface area contributed by atoms with Crippen molar-refractivity contribution in [2.75, 3.05) is 18.4 Å². The third kappa shape index (κ3) is 3.30. The fraction of sp³-hybridized carbons (Fsp3) is 0.429. The molecule has 0 atom stereocenters. The molecule has 152 valence electrons. The quantitative estimate of drug-likeness (QED) is 0.609. The van der Waals surface area contributed by atoms with Crippen LogP contribution in [-0.2, 0) is 13.0 Å². The Bertz CT molecular complexity index is 1100. The minimum atomic E-state index is -0.596. The number of amides is 1. The van der Waals surface area contributed by atoms with Crippen LogP contribution in [0.1, 0.15) is 45.9 Å². The maximum Gasteiger partial charge on any atom is 0.270 e. The smallest absolute Gasteiger partial charge is 0.270 e. The Hall–Kier alpha value is -2.45. The van der Waals surface area contributed by atoms with Crippen LogP contribution in [-0.4, -0.2) is 44.6 Å². The number of thiazole rings is 1. The Balaban J connectivity index is 1.31. The molecule has 0 saturated heterocycles. The summed E-state index contributed by atoms with van der Waals surface area (Å²) in [5, 5.41) is 15.1. The van der Waals surface area contributed by atoms with E-state index in [1.54, 1.807) is 35.3 Å². The molecule has 3 heterocycles. The predicted molar refractivity (Wildman–Crippen MR) is 111 cm³/mol. The fourth-order valence-corrected chi connectivity index (χ4v) is 5.07. The van der Waals surface area contributed by atoms with E-state index in [1.165, 1.54) is 6.07 Å². The van der Waals surface area contributed by atoms with Gasteiger partial charge in [0, 0.05) is 35.3 Å². The number of carbonyl (C=O) groups is 1. The third-order valence-electron chi connectivity index (χ3n) is 6.11. The van der Waals surface area contributed by atoms with Crippen molar-refractivity contribution in [3.8, 4) is 0 Å². The second-order valence-corrected chi connectivity index (χ2v) is 9.20. The number of carbonyl (C=O) groups excluding carboxylic acids is 1. The summed E-state index contributed by atoms with van der Waals surface area (Å²) < 4.78 is 13.8. The molecule has 0 radical (unpaired) electrons. The number of fused-ring (bicyclic) bond motifs is 2. The highest BCUT2D eigenvalue weighted by atomic mass is 32.1. The second kappa shape index (κ2) is 6.81. The molecule has 5 rings (SSSR count). The van der Waals surface area contributed by atoms with Gasteiger partial charge in [-0.25, -0.2) is 9.37 Å². The Kier molecular flexibility index (Phi) is 4.36. The summed E-state index contributed by atoms with van der Waals surface area (Å²) in [6.45, 7) is 3.36. The average molecular weight is 415 g/mol. The molecule has 8 heteroatoms. The molecule has 1 fully saturated rings. The van der Waals surface area contributed by atoms with Crippen LogP contribution in [0.15, 0.2) is 18.2 Å². The summed E-state index contributed by atoms with van der Waals surface area (Å²) in [5.74, 6) is -0.354. The minimum Gasteiger partial charge on any atom is -0.388 e. The molecule has 1 saturated carbocycles. The van der Waals surface area contributed by atoms with Crippen molar-refractivity contribution in [1.82, 2.24) is 14.9 Å². The van der Waals surface area contributed by atoms with Crippen molar-refractivity contribution < 1.29 is 14.3 Å². The zero-order chi connectivity index (χ0) is 20.2. The van der Waals surface area contributed by atoms with E-state index in [9.17, 15) is 14.3 Å². The van der Waals surface area contributed by atoms with Gasteiger partial charge >= 0.3 is 0 Å². The Morgan fingerprint density at radius 1 is 1.45 bits per heavy atom. The molecule has 3 N–H and O–H groups in total. The number of benzene rings is 1. The number of aromatic amines is 1. The van der Waals surface area contributed by atoms with Gasteiger partial charge in [-0.3, -0.25) is 4.79 Å². The van der Waals surface area contributed by atoms with Gasteiger partial charge < -0.3 is 20.3 Å². The van der Waals surface area contributed by atoms with Gasteiger partial charge in [0.05, 0.1) is 17.8 Å². The number of nitrogens with one attached hydrogen (secondary N) is 2. The molecule has 0 bridgehead atoms. The molecule has 29 heavy (non-hydrogen) atoms. The summed E-state index contributed by atoms with van der Waals surface area (Å²) in [6.07, 6.45) is 3.45. The number of anilines is 1. The molecule has 1 amide bonds. The summed E-state index contributed by atoms with van der Waals surface area (Å²) in [7, 11) is 0. The molecule has 2 aliphatic rings. The highest BCUT2D eigenvalue weighted by Gasteiger charge is 2.34. The first-order valence-corrected chi connectivity index (χ1v) is 10.8. The zero-order valence-corrected chi connectivity index (χ0v) is 17.0. The van der Waals surface area contributed by atoms with E-state index in [0.29, 0.717) is 37.3 Å². The lowest BCUT2D eigenvalue weighted by molar-refractivity contribution is -0.0202. The first-order valence-electron chi connectivity index (χ1n) is 9.94. The van der Waals surface area contributed by atoms with Crippen LogP contribution in [0.2, 0.25) is 0 Å². The zero-order valence-electron chi connectivity index (χ0n) is 16.2. The maximum atomic E-state index is 13.8. The van der Waals surface area contributed by atoms with Gasteiger partial charge in [0.2, 0.25) is 0 Å². The van der Waals surface area contributed by atoms with Crippen LogP contribution in [0.4, 0.5) is 9.52 Å². The van der Waals surface area contributed by atoms with Gasteiger partial charge in [0.25, 0.3) is 5.91 Å². The Morgan fingerprint density at radius 2 is 2.28 bits per heavy atom. The first-order chi connectivity index (χ1) is 13.9. The first kappa shape index (κ1) is 18.6. The van der Waals surface area contributed by atoms with Crippen LogP contribution in [0.25, 0.3) is 10.9 Å². The molecular formula is C21H23FN4O2S. The lowest BCUT2D eigenvalue weighted by Crippen LogP contribution is -2.43. The van der Waals surface area contributed by atoms with Gasteiger partial charge in [-0.1, -0.05) is 11.3 Å². The molecule has 3 aromatic rings. The van der Waals surface area contributed by atoms with Crippen LogP contribution < -0.4 is 5.32 Å². The number of halogens is 1. The van der Waals surface area contributed by atoms with Gasteiger partial charge in [-0.2, -0.15) is 0 Å². The van der Waals surface area contributed by atoms with E-state index in [4.69, 9.17) is 0 Å². The lowest BCUT2D eigenvalue weighted by atomic mass is 9.80. The minimum absolute atomic E-state index is 0.0849. The highest BCUT2D eigenvalue weighted by Crippen LogP contribution is 2.34. The van der Waals surface area contributed by atoms with Crippen LogP contribution in [0, 0.1) is 12.7 Å². The van der Waals surface area contributed by atoms with E-state index >= 15 is 0 Å². The second-order valence-electron chi connectivity index (χ2n) is 8.11. The summed E-state index contributed by atoms with van der Waals surface area (Å²) in [5.41, 5.74) is 2.22. The van der Waals surface area contributed by atoms with Crippen LogP contribution in [0.5, 0.6) is 0 Å². The number of hydrogen-bond acceptors (Lipinski definition) is 5. The SMILES string of the molecule is Cc1c(F)ccc2[nH]c(C(=O)N3CCc4nc(NCC5(O)CCC5)sc4C3)cc12. The highest BCUT2D eigenvalue weighted by molar-refractivity contribution is 7.15. The summed E-state index contributed by atoms with van der Waals surface area (Å²) in [4.78, 5) is 23.7. The monoisotopic (exact) mass is 414 g/mol. The van der Waals surface area contributed by atoms with E-state index in [2.05, 4.69) is 15.3 Å². The van der Waals surface area contributed by atoms with Gasteiger partial charge in [0.1, 0.15) is 11.5 Å². The molecular weight excluding hydrogens is 391 g/mol. The van der Waals surface area contributed by atoms with E-state index in [0.717, 1.165) is 45.9 Å². The molecule has 1 aliphatic heterocycles. The number of aliphatic hydroxyl groups is 1. The van der Waals surface area contributed by atoms with Crippen LogP contribution >= 0.6 is 11.3 Å². The van der Waals surface area contributed by atoms with Crippen molar-refractivity contribution in [3.63, 3.8) is 0 Å². The van der Waals surface area contributed by atoms with Crippen molar-refractivity contribution in [2.24, 2.45) is 0 Å². The lowest BCUT2D eigenvalue weighted by Gasteiger charge is -2.36. The number of rotatable bonds is 4.